The Balaban J connectivity index is 1.49. The normalized spacial score (nSPS) is 28.4. The van der Waals surface area contributed by atoms with Gasteiger partial charge in [0, 0.05) is 12.5 Å². The summed E-state index contributed by atoms with van der Waals surface area (Å²) in [5.74, 6) is 1.98. The molecule has 0 aromatic heterocycles. The molecule has 2 aliphatic rings. The fraction of sp³-hybridized carbons (Fsp3) is 0.667. The van der Waals surface area contributed by atoms with Gasteiger partial charge in [0.1, 0.15) is 11.9 Å². The molecule has 2 heteroatoms. The first-order chi connectivity index (χ1) is 9.74. The minimum atomic E-state index is 0.418. The summed E-state index contributed by atoms with van der Waals surface area (Å²) in [5.41, 5.74) is 2.76. The van der Waals surface area contributed by atoms with Crippen molar-refractivity contribution in [3.63, 3.8) is 0 Å². The molecular weight excluding hydrogens is 246 g/mol. The molecule has 1 N–H and O–H groups in total. The maximum atomic E-state index is 6.12. The highest BCUT2D eigenvalue weighted by molar-refractivity contribution is 5.40. The molecule has 1 aromatic carbocycles. The Morgan fingerprint density at radius 2 is 2.20 bits per heavy atom. The fourth-order valence-electron chi connectivity index (χ4n) is 3.78. The van der Waals surface area contributed by atoms with Gasteiger partial charge in [-0.2, -0.15) is 0 Å². The Bertz CT molecular complexity index is 457. The molecule has 110 valence electrons. The number of nitrogens with one attached hydrogen (secondary N) is 1. The van der Waals surface area contributed by atoms with Crippen LogP contribution in [0.1, 0.15) is 50.2 Å². The molecule has 1 aromatic rings. The first kappa shape index (κ1) is 13.9. The zero-order valence-corrected chi connectivity index (χ0v) is 12.8. The molecule has 1 aliphatic heterocycles. The van der Waals surface area contributed by atoms with Crippen LogP contribution in [-0.2, 0) is 6.42 Å². The van der Waals surface area contributed by atoms with Gasteiger partial charge in [0.15, 0.2) is 0 Å². The van der Waals surface area contributed by atoms with Crippen molar-refractivity contribution < 1.29 is 4.74 Å². The Morgan fingerprint density at radius 1 is 1.30 bits per heavy atom. The monoisotopic (exact) mass is 273 g/mol. The largest absolute Gasteiger partial charge is 0.490 e. The summed E-state index contributed by atoms with van der Waals surface area (Å²) < 4.78 is 6.12. The van der Waals surface area contributed by atoms with E-state index in [-0.39, 0.29) is 0 Å². The molecule has 1 heterocycles. The molecule has 0 spiro atoms. The van der Waals surface area contributed by atoms with Gasteiger partial charge in [-0.15, -0.1) is 0 Å². The van der Waals surface area contributed by atoms with Crippen molar-refractivity contribution in [2.75, 3.05) is 6.54 Å². The lowest BCUT2D eigenvalue weighted by Gasteiger charge is -2.16. The number of hydrogen-bond acceptors (Lipinski definition) is 2. The zero-order chi connectivity index (χ0) is 13.9. The Labute approximate surface area is 122 Å². The summed E-state index contributed by atoms with van der Waals surface area (Å²) in [4.78, 5) is 0. The van der Waals surface area contributed by atoms with E-state index in [0.29, 0.717) is 6.10 Å². The van der Waals surface area contributed by atoms with Gasteiger partial charge in [0.2, 0.25) is 0 Å². The van der Waals surface area contributed by atoms with E-state index in [2.05, 4.69) is 37.4 Å². The second-order valence-corrected chi connectivity index (χ2v) is 6.62. The molecule has 3 atom stereocenters. The first-order valence-corrected chi connectivity index (χ1v) is 8.24. The molecule has 20 heavy (non-hydrogen) atoms. The van der Waals surface area contributed by atoms with E-state index in [4.69, 9.17) is 4.74 Å². The van der Waals surface area contributed by atoms with E-state index in [9.17, 15) is 0 Å². The molecule has 1 saturated carbocycles. The first-order valence-electron chi connectivity index (χ1n) is 8.24. The third-order valence-corrected chi connectivity index (χ3v) is 4.78. The second-order valence-electron chi connectivity index (χ2n) is 6.62. The van der Waals surface area contributed by atoms with Crippen LogP contribution in [0.4, 0.5) is 0 Å². The summed E-state index contributed by atoms with van der Waals surface area (Å²) >= 11 is 0. The van der Waals surface area contributed by atoms with Gasteiger partial charge in [-0.05, 0) is 63.1 Å². The van der Waals surface area contributed by atoms with Crippen LogP contribution in [0.25, 0.3) is 0 Å². The summed E-state index contributed by atoms with van der Waals surface area (Å²) in [7, 11) is 0. The standard InChI is InChI=1S/C18H27NO/c1-3-8-19-16-6-5-14(10-16)11-17-12-15-9-13(2)4-7-18(15)20-17/h4,7,9,14,16-17,19H,3,5-6,8,10-12H2,1-2H3. The van der Waals surface area contributed by atoms with Crippen molar-refractivity contribution in [3.8, 4) is 5.75 Å². The maximum Gasteiger partial charge on any atom is 0.123 e. The van der Waals surface area contributed by atoms with Crippen molar-refractivity contribution in [2.45, 2.75) is 64.5 Å². The molecular formula is C18H27NO. The highest BCUT2D eigenvalue weighted by Gasteiger charge is 2.30. The number of rotatable bonds is 5. The molecule has 3 rings (SSSR count). The molecule has 1 fully saturated rings. The average molecular weight is 273 g/mol. The van der Waals surface area contributed by atoms with Gasteiger partial charge in [-0.3, -0.25) is 0 Å². The number of fused-ring (bicyclic) bond motifs is 1. The second kappa shape index (κ2) is 6.17. The molecule has 0 bridgehead atoms. The highest BCUT2D eigenvalue weighted by atomic mass is 16.5. The van der Waals surface area contributed by atoms with E-state index in [0.717, 1.165) is 24.1 Å². The van der Waals surface area contributed by atoms with Gasteiger partial charge in [0.05, 0.1) is 0 Å². The SMILES string of the molecule is CCCNC1CCC(CC2Cc3cc(C)ccc3O2)C1. The zero-order valence-electron chi connectivity index (χ0n) is 12.8. The van der Waals surface area contributed by atoms with Crippen LogP contribution in [0, 0.1) is 12.8 Å². The van der Waals surface area contributed by atoms with Crippen LogP contribution < -0.4 is 10.1 Å². The van der Waals surface area contributed by atoms with Gasteiger partial charge in [-0.25, -0.2) is 0 Å². The van der Waals surface area contributed by atoms with E-state index < -0.39 is 0 Å². The lowest BCUT2D eigenvalue weighted by atomic mass is 9.96. The fourth-order valence-corrected chi connectivity index (χ4v) is 3.78. The lowest BCUT2D eigenvalue weighted by Crippen LogP contribution is -2.27. The predicted molar refractivity (Wildman–Crippen MR) is 83.3 cm³/mol. The van der Waals surface area contributed by atoms with Crippen LogP contribution in [0.2, 0.25) is 0 Å². The van der Waals surface area contributed by atoms with Crippen molar-refractivity contribution in [1.82, 2.24) is 5.32 Å². The Kier molecular flexibility index (Phi) is 4.30. The number of aryl methyl sites for hydroxylation is 1. The van der Waals surface area contributed by atoms with Gasteiger partial charge in [0.25, 0.3) is 0 Å². The molecule has 0 amide bonds. The van der Waals surface area contributed by atoms with Crippen LogP contribution >= 0.6 is 0 Å². The van der Waals surface area contributed by atoms with E-state index in [1.807, 2.05) is 0 Å². The van der Waals surface area contributed by atoms with Gasteiger partial charge < -0.3 is 10.1 Å². The van der Waals surface area contributed by atoms with Crippen molar-refractivity contribution in [2.24, 2.45) is 5.92 Å². The Hall–Kier alpha value is -1.02. The van der Waals surface area contributed by atoms with E-state index in [1.165, 1.54) is 49.8 Å². The van der Waals surface area contributed by atoms with Gasteiger partial charge >= 0.3 is 0 Å². The molecule has 1 aliphatic carbocycles. The number of hydrogen-bond donors (Lipinski definition) is 1. The van der Waals surface area contributed by atoms with E-state index in [1.54, 1.807) is 0 Å². The number of benzene rings is 1. The van der Waals surface area contributed by atoms with E-state index >= 15 is 0 Å². The van der Waals surface area contributed by atoms with Crippen molar-refractivity contribution >= 4 is 0 Å². The maximum absolute atomic E-state index is 6.12. The highest BCUT2D eigenvalue weighted by Crippen LogP contribution is 2.36. The third-order valence-electron chi connectivity index (χ3n) is 4.78. The van der Waals surface area contributed by atoms with Gasteiger partial charge in [-0.1, -0.05) is 24.6 Å². The summed E-state index contributed by atoms with van der Waals surface area (Å²) in [6.45, 7) is 5.57. The minimum Gasteiger partial charge on any atom is -0.490 e. The minimum absolute atomic E-state index is 0.418. The summed E-state index contributed by atoms with van der Waals surface area (Å²) in [6.07, 6.45) is 8.07. The Morgan fingerprint density at radius 3 is 3.05 bits per heavy atom. The van der Waals surface area contributed by atoms with Crippen molar-refractivity contribution in [3.05, 3.63) is 29.3 Å². The van der Waals surface area contributed by atoms with Crippen LogP contribution in [-0.4, -0.2) is 18.7 Å². The smallest absolute Gasteiger partial charge is 0.123 e. The topological polar surface area (TPSA) is 21.3 Å². The third kappa shape index (κ3) is 3.17. The van der Waals surface area contributed by atoms with Crippen LogP contribution in [0.3, 0.4) is 0 Å². The quantitative estimate of drug-likeness (QED) is 0.879. The predicted octanol–water partition coefficient (Wildman–Crippen LogP) is 3.86. The molecule has 2 nitrogen and oxygen atoms in total. The van der Waals surface area contributed by atoms with Crippen LogP contribution in [0.5, 0.6) is 5.75 Å². The summed E-state index contributed by atoms with van der Waals surface area (Å²) in [5, 5.41) is 3.67. The number of ether oxygens (including phenoxy) is 1. The molecule has 0 saturated heterocycles. The lowest BCUT2D eigenvalue weighted by molar-refractivity contribution is 0.193. The summed E-state index contributed by atoms with van der Waals surface area (Å²) in [6, 6.07) is 7.34. The molecule has 0 radical (unpaired) electrons. The van der Waals surface area contributed by atoms with Crippen LogP contribution in [0.15, 0.2) is 18.2 Å². The molecule has 3 unspecified atom stereocenters. The average Bonchev–Trinajstić information content (AvgIpc) is 3.02. The van der Waals surface area contributed by atoms with Crippen molar-refractivity contribution in [1.29, 1.82) is 0 Å².